The molecule has 0 bridgehead atoms. The van der Waals surface area contributed by atoms with E-state index in [0.29, 0.717) is 16.6 Å². The van der Waals surface area contributed by atoms with E-state index < -0.39 is 0 Å². The quantitative estimate of drug-likeness (QED) is 0.809. The lowest BCUT2D eigenvalue weighted by atomic mass is 10.0. The lowest BCUT2D eigenvalue weighted by Crippen LogP contribution is -3.12. The lowest BCUT2D eigenvalue weighted by molar-refractivity contribution is -0.907. The molecule has 0 saturated carbocycles. The first-order chi connectivity index (χ1) is 11.7. The van der Waals surface area contributed by atoms with Gasteiger partial charge in [0, 0.05) is 16.3 Å². The highest BCUT2D eigenvalue weighted by Crippen LogP contribution is 2.22. The fraction of sp³-hybridized carbons (Fsp3) is 0.350. The molecule has 0 radical (unpaired) electrons. The van der Waals surface area contributed by atoms with Gasteiger partial charge in [0.15, 0.2) is 6.04 Å². The number of likely N-dealkylation sites (N-methyl/N-ethyl adjacent to an activating group) is 1. The summed E-state index contributed by atoms with van der Waals surface area (Å²) in [5, 5.41) is 4.32. The van der Waals surface area contributed by atoms with Gasteiger partial charge in [0.2, 0.25) is 0 Å². The van der Waals surface area contributed by atoms with Gasteiger partial charge in [0.1, 0.15) is 6.54 Å². The maximum absolute atomic E-state index is 12.7. The van der Waals surface area contributed by atoms with Crippen molar-refractivity contribution in [2.45, 2.75) is 40.3 Å². The summed E-state index contributed by atoms with van der Waals surface area (Å²) in [6, 6.07) is 9.41. The average Bonchev–Trinajstić information content (AvgIpc) is 2.52. The zero-order valence-corrected chi connectivity index (χ0v) is 16.8. The Morgan fingerprint density at radius 3 is 2.28 bits per heavy atom. The van der Waals surface area contributed by atoms with Crippen molar-refractivity contribution in [1.82, 2.24) is 0 Å². The molecule has 0 saturated heterocycles. The molecule has 0 aromatic heterocycles. The first-order valence-corrected chi connectivity index (χ1v) is 9.09. The van der Waals surface area contributed by atoms with E-state index in [1.165, 1.54) is 5.56 Å². The molecule has 2 N–H and O–H groups in total. The average molecular weight is 380 g/mol. The number of quaternary nitrogens is 1. The van der Waals surface area contributed by atoms with Crippen LogP contribution in [0.1, 0.15) is 29.2 Å². The summed E-state index contributed by atoms with van der Waals surface area (Å²) in [5.41, 5.74) is 5.24. The Bertz CT molecular complexity index is 766. The van der Waals surface area contributed by atoms with E-state index in [-0.39, 0.29) is 11.9 Å². The van der Waals surface area contributed by atoms with Crippen LogP contribution in [0, 0.1) is 20.8 Å². The van der Waals surface area contributed by atoms with Gasteiger partial charge in [-0.25, -0.2) is 0 Å². The van der Waals surface area contributed by atoms with Gasteiger partial charge in [0.05, 0.1) is 12.1 Å². The highest BCUT2D eigenvalue weighted by atomic mass is 35.5. The van der Waals surface area contributed by atoms with Crippen LogP contribution in [0.4, 0.5) is 5.69 Å². The molecule has 0 aliphatic heterocycles. The molecule has 2 aromatic rings. The number of hydrogen-bond donors (Lipinski definition) is 2. The summed E-state index contributed by atoms with van der Waals surface area (Å²) in [7, 11) is 1.99. The summed E-state index contributed by atoms with van der Waals surface area (Å²) < 4.78 is 0. The number of carbonyl (C=O) groups is 1. The highest BCUT2D eigenvalue weighted by molar-refractivity contribution is 6.35. The zero-order chi connectivity index (χ0) is 18.7. The zero-order valence-electron chi connectivity index (χ0n) is 15.3. The van der Waals surface area contributed by atoms with Crippen molar-refractivity contribution in [2.24, 2.45) is 0 Å². The highest BCUT2D eigenvalue weighted by Gasteiger charge is 2.23. The third-order valence-electron chi connectivity index (χ3n) is 4.54. The number of halogens is 2. The fourth-order valence-corrected chi connectivity index (χ4v) is 3.43. The first-order valence-electron chi connectivity index (χ1n) is 8.34. The van der Waals surface area contributed by atoms with Gasteiger partial charge in [0.25, 0.3) is 5.91 Å². The molecule has 2 atom stereocenters. The van der Waals surface area contributed by atoms with Gasteiger partial charge in [-0.3, -0.25) is 4.79 Å². The standard InChI is InChI=1S/C20H24Cl2N2O/c1-12-8-13(2)19(14(3)9-12)23-20(25)15(4)24(5)11-16-6-7-17(21)10-18(16)22/h6-10,15H,11H2,1-5H3,(H,23,25)/p+1/t15-/m1/s1. The molecule has 1 amide bonds. The summed E-state index contributed by atoms with van der Waals surface area (Å²) in [6.07, 6.45) is 0. The Kier molecular flexibility index (Phi) is 6.50. The third kappa shape index (κ3) is 4.97. The van der Waals surface area contributed by atoms with Gasteiger partial charge in [-0.15, -0.1) is 0 Å². The molecule has 0 heterocycles. The maximum Gasteiger partial charge on any atom is 0.282 e. The van der Waals surface area contributed by atoms with E-state index in [1.54, 1.807) is 6.07 Å². The van der Waals surface area contributed by atoms with Gasteiger partial charge in [-0.1, -0.05) is 47.0 Å². The number of amides is 1. The first kappa shape index (κ1) is 19.8. The Morgan fingerprint density at radius 2 is 1.72 bits per heavy atom. The van der Waals surface area contributed by atoms with E-state index in [0.717, 1.165) is 27.3 Å². The van der Waals surface area contributed by atoms with Gasteiger partial charge >= 0.3 is 0 Å². The number of benzene rings is 2. The largest absolute Gasteiger partial charge is 0.324 e. The molecular weight excluding hydrogens is 355 g/mol. The number of anilines is 1. The van der Waals surface area contributed by atoms with Crippen LogP contribution in [-0.4, -0.2) is 19.0 Å². The monoisotopic (exact) mass is 379 g/mol. The smallest absolute Gasteiger partial charge is 0.282 e. The van der Waals surface area contributed by atoms with Crippen LogP contribution in [0.15, 0.2) is 30.3 Å². The predicted molar refractivity (Wildman–Crippen MR) is 106 cm³/mol. The minimum Gasteiger partial charge on any atom is -0.324 e. The Morgan fingerprint density at radius 1 is 1.12 bits per heavy atom. The van der Waals surface area contributed by atoms with E-state index in [2.05, 4.69) is 24.4 Å². The number of hydrogen-bond acceptors (Lipinski definition) is 1. The molecule has 25 heavy (non-hydrogen) atoms. The van der Waals surface area contributed by atoms with Crippen molar-refractivity contribution in [3.63, 3.8) is 0 Å². The van der Waals surface area contributed by atoms with Crippen LogP contribution in [0.5, 0.6) is 0 Å². The molecule has 2 aromatic carbocycles. The van der Waals surface area contributed by atoms with Crippen LogP contribution < -0.4 is 10.2 Å². The van der Waals surface area contributed by atoms with Crippen LogP contribution in [0.3, 0.4) is 0 Å². The Hall–Kier alpha value is -1.55. The number of aryl methyl sites for hydroxylation is 3. The Balaban J connectivity index is 2.09. The number of nitrogens with one attached hydrogen (secondary N) is 2. The summed E-state index contributed by atoms with van der Waals surface area (Å²) in [4.78, 5) is 13.7. The second-order valence-electron chi connectivity index (χ2n) is 6.74. The van der Waals surface area contributed by atoms with Crippen LogP contribution in [0.25, 0.3) is 0 Å². The molecule has 5 heteroatoms. The van der Waals surface area contributed by atoms with Crippen molar-refractivity contribution in [3.05, 3.63) is 62.6 Å². The topological polar surface area (TPSA) is 33.5 Å². The Labute approximate surface area is 159 Å². The van der Waals surface area contributed by atoms with E-state index in [1.807, 2.05) is 40.0 Å². The molecule has 1 unspecified atom stereocenters. The molecule has 0 aliphatic rings. The molecule has 2 rings (SSSR count). The van der Waals surface area contributed by atoms with Gasteiger partial charge < -0.3 is 10.2 Å². The lowest BCUT2D eigenvalue weighted by Gasteiger charge is -2.22. The van der Waals surface area contributed by atoms with Crippen LogP contribution in [0.2, 0.25) is 10.0 Å². The summed E-state index contributed by atoms with van der Waals surface area (Å²) >= 11 is 12.2. The van der Waals surface area contributed by atoms with Crippen molar-refractivity contribution < 1.29 is 9.69 Å². The van der Waals surface area contributed by atoms with Gasteiger partial charge in [-0.05, 0) is 51.0 Å². The second-order valence-corrected chi connectivity index (χ2v) is 7.59. The predicted octanol–water partition coefficient (Wildman–Crippen LogP) is 3.96. The SMILES string of the molecule is Cc1cc(C)c(NC(=O)[C@@H](C)[NH+](C)Cc2ccc(Cl)cc2Cl)c(C)c1. The third-order valence-corrected chi connectivity index (χ3v) is 5.13. The minimum absolute atomic E-state index is 0.00219. The van der Waals surface area contributed by atoms with Gasteiger partial charge in [-0.2, -0.15) is 0 Å². The maximum atomic E-state index is 12.7. The molecule has 0 spiro atoms. The molecular formula is C20H25Cl2N2O+. The van der Waals surface area contributed by atoms with Crippen LogP contribution >= 0.6 is 23.2 Å². The number of rotatable bonds is 5. The van der Waals surface area contributed by atoms with Crippen molar-refractivity contribution >= 4 is 34.8 Å². The van der Waals surface area contributed by atoms with E-state index >= 15 is 0 Å². The molecule has 0 fully saturated rings. The number of carbonyl (C=O) groups excluding carboxylic acids is 1. The summed E-state index contributed by atoms with van der Waals surface area (Å²) in [6.45, 7) is 8.67. The van der Waals surface area contributed by atoms with E-state index in [4.69, 9.17) is 23.2 Å². The second kappa shape index (κ2) is 8.22. The summed E-state index contributed by atoms with van der Waals surface area (Å²) in [5.74, 6) is -0.00219. The normalized spacial score (nSPS) is 13.4. The minimum atomic E-state index is -0.216. The van der Waals surface area contributed by atoms with Crippen molar-refractivity contribution in [1.29, 1.82) is 0 Å². The van der Waals surface area contributed by atoms with Crippen molar-refractivity contribution in [2.75, 3.05) is 12.4 Å². The fourth-order valence-electron chi connectivity index (χ4n) is 2.95. The molecule has 134 valence electrons. The molecule has 0 aliphatic carbocycles. The molecule has 3 nitrogen and oxygen atoms in total. The van der Waals surface area contributed by atoms with E-state index in [9.17, 15) is 4.79 Å². The van der Waals surface area contributed by atoms with Crippen molar-refractivity contribution in [3.8, 4) is 0 Å². The van der Waals surface area contributed by atoms with Crippen LogP contribution in [-0.2, 0) is 11.3 Å².